The van der Waals surface area contributed by atoms with Crippen LogP contribution in [0.25, 0.3) is 0 Å². The first-order valence-corrected chi connectivity index (χ1v) is 9.53. The lowest BCUT2D eigenvalue weighted by Crippen LogP contribution is -2.46. The molecule has 0 aliphatic rings. The Morgan fingerprint density at radius 3 is 2.37 bits per heavy atom. The summed E-state index contributed by atoms with van der Waals surface area (Å²) in [6.07, 6.45) is 2.94. The summed E-state index contributed by atoms with van der Waals surface area (Å²) in [5.74, 6) is -0.418. The van der Waals surface area contributed by atoms with Crippen LogP contribution in [-0.4, -0.2) is 48.9 Å². The number of amides is 4. The SMILES string of the molecule is CCCN(CCCC[C@H](NC(C)=O)C(=O)NCc1ccccc1)C(=O)NC. The van der Waals surface area contributed by atoms with Gasteiger partial charge in [0.2, 0.25) is 11.8 Å². The number of nitrogens with one attached hydrogen (secondary N) is 3. The number of hydrogen-bond acceptors (Lipinski definition) is 3. The maximum Gasteiger partial charge on any atom is 0.317 e. The van der Waals surface area contributed by atoms with Crippen LogP contribution in [0.15, 0.2) is 30.3 Å². The van der Waals surface area contributed by atoms with Gasteiger partial charge in [0.1, 0.15) is 6.04 Å². The van der Waals surface area contributed by atoms with E-state index in [1.165, 1.54) is 6.92 Å². The van der Waals surface area contributed by atoms with Gasteiger partial charge in [0, 0.05) is 33.6 Å². The molecule has 0 aromatic heterocycles. The van der Waals surface area contributed by atoms with Crippen molar-refractivity contribution in [3.63, 3.8) is 0 Å². The van der Waals surface area contributed by atoms with Gasteiger partial charge in [-0.3, -0.25) is 9.59 Å². The molecule has 0 saturated heterocycles. The van der Waals surface area contributed by atoms with Crippen molar-refractivity contribution in [3.8, 4) is 0 Å². The van der Waals surface area contributed by atoms with E-state index in [9.17, 15) is 14.4 Å². The molecule has 4 amide bonds. The van der Waals surface area contributed by atoms with E-state index in [0.717, 1.165) is 24.8 Å². The van der Waals surface area contributed by atoms with Crippen molar-refractivity contribution >= 4 is 17.8 Å². The molecular weight excluding hydrogens is 344 g/mol. The van der Waals surface area contributed by atoms with Gasteiger partial charge in [-0.2, -0.15) is 0 Å². The molecule has 0 saturated carbocycles. The fraction of sp³-hybridized carbons (Fsp3) is 0.550. The predicted octanol–water partition coefficient (Wildman–Crippen LogP) is 2.03. The highest BCUT2D eigenvalue weighted by Crippen LogP contribution is 2.06. The standard InChI is InChI=1S/C20H32N4O3/c1-4-13-24(20(27)21-3)14-9-8-12-18(23-16(2)25)19(26)22-15-17-10-6-5-7-11-17/h5-7,10-11,18H,4,8-9,12-15H2,1-3H3,(H,21,27)(H,22,26)(H,23,25)/t18-/m0/s1. The maximum absolute atomic E-state index is 12.4. The maximum atomic E-state index is 12.4. The fourth-order valence-electron chi connectivity index (χ4n) is 2.82. The molecule has 1 aromatic rings. The molecule has 1 aromatic carbocycles. The number of nitrogens with zero attached hydrogens (tertiary/aromatic N) is 1. The van der Waals surface area contributed by atoms with Crippen LogP contribution in [0, 0.1) is 0 Å². The zero-order chi connectivity index (χ0) is 20.1. The smallest absolute Gasteiger partial charge is 0.317 e. The Morgan fingerprint density at radius 1 is 1.07 bits per heavy atom. The van der Waals surface area contributed by atoms with E-state index < -0.39 is 6.04 Å². The lowest BCUT2D eigenvalue weighted by molar-refractivity contribution is -0.128. The van der Waals surface area contributed by atoms with E-state index >= 15 is 0 Å². The molecule has 0 aliphatic heterocycles. The second-order valence-corrected chi connectivity index (χ2v) is 6.49. The molecule has 3 N–H and O–H groups in total. The van der Waals surface area contributed by atoms with Crippen molar-refractivity contribution in [1.29, 1.82) is 0 Å². The van der Waals surface area contributed by atoms with E-state index in [1.807, 2.05) is 37.3 Å². The molecule has 0 spiro atoms. The minimum absolute atomic E-state index is 0.0872. The minimum Gasteiger partial charge on any atom is -0.350 e. The second-order valence-electron chi connectivity index (χ2n) is 6.49. The molecule has 27 heavy (non-hydrogen) atoms. The van der Waals surface area contributed by atoms with Gasteiger partial charge in [-0.05, 0) is 31.2 Å². The van der Waals surface area contributed by atoms with Crippen molar-refractivity contribution in [2.75, 3.05) is 20.1 Å². The topological polar surface area (TPSA) is 90.5 Å². The van der Waals surface area contributed by atoms with Crippen LogP contribution >= 0.6 is 0 Å². The molecule has 0 fully saturated rings. The quantitative estimate of drug-likeness (QED) is 0.516. The molecule has 7 nitrogen and oxygen atoms in total. The predicted molar refractivity (Wildman–Crippen MR) is 106 cm³/mol. The highest BCUT2D eigenvalue weighted by Gasteiger charge is 2.19. The number of hydrogen-bond donors (Lipinski definition) is 3. The molecule has 0 aliphatic carbocycles. The van der Waals surface area contributed by atoms with Crippen LogP contribution in [0.3, 0.4) is 0 Å². The van der Waals surface area contributed by atoms with Crippen LogP contribution in [-0.2, 0) is 16.1 Å². The monoisotopic (exact) mass is 376 g/mol. The number of carbonyl (C=O) groups is 3. The van der Waals surface area contributed by atoms with Crippen molar-refractivity contribution in [2.24, 2.45) is 0 Å². The third-order valence-electron chi connectivity index (χ3n) is 4.17. The molecule has 150 valence electrons. The van der Waals surface area contributed by atoms with Gasteiger partial charge in [0.25, 0.3) is 0 Å². The van der Waals surface area contributed by atoms with Gasteiger partial charge < -0.3 is 20.9 Å². The summed E-state index contributed by atoms with van der Waals surface area (Å²) >= 11 is 0. The first kappa shape index (κ1) is 22.5. The first-order valence-electron chi connectivity index (χ1n) is 9.53. The average Bonchev–Trinajstić information content (AvgIpc) is 2.67. The Hall–Kier alpha value is -2.57. The summed E-state index contributed by atoms with van der Waals surface area (Å²) in [6.45, 7) is 5.20. The van der Waals surface area contributed by atoms with Gasteiger partial charge in [0.05, 0.1) is 0 Å². The van der Waals surface area contributed by atoms with Crippen molar-refractivity contribution in [3.05, 3.63) is 35.9 Å². The van der Waals surface area contributed by atoms with E-state index in [2.05, 4.69) is 16.0 Å². The summed E-state index contributed by atoms with van der Waals surface area (Å²) < 4.78 is 0. The van der Waals surface area contributed by atoms with E-state index in [1.54, 1.807) is 11.9 Å². The van der Waals surface area contributed by atoms with Crippen molar-refractivity contribution in [1.82, 2.24) is 20.9 Å². The number of urea groups is 1. The molecule has 0 unspecified atom stereocenters. The number of unbranched alkanes of at least 4 members (excludes halogenated alkanes) is 1. The lowest BCUT2D eigenvalue weighted by Gasteiger charge is -2.22. The lowest BCUT2D eigenvalue weighted by atomic mass is 10.1. The van der Waals surface area contributed by atoms with E-state index in [-0.39, 0.29) is 17.8 Å². The fourth-order valence-corrected chi connectivity index (χ4v) is 2.82. The zero-order valence-corrected chi connectivity index (χ0v) is 16.6. The van der Waals surface area contributed by atoms with Crippen LogP contribution < -0.4 is 16.0 Å². The Kier molecular flexibility index (Phi) is 10.6. The molecular formula is C20H32N4O3. The normalized spacial score (nSPS) is 11.4. The van der Waals surface area contributed by atoms with Crippen LogP contribution in [0.2, 0.25) is 0 Å². The van der Waals surface area contributed by atoms with Crippen molar-refractivity contribution in [2.45, 2.75) is 52.1 Å². The largest absolute Gasteiger partial charge is 0.350 e. The molecule has 1 rings (SSSR count). The molecule has 0 bridgehead atoms. The number of benzene rings is 1. The summed E-state index contributed by atoms with van der Waals surface area (Å²) in [6, 6.07) is 8.99. The van der Waals surface area contributed by atoms with Gasteiger partial charge in [-0.25, -0.2) is 4.79 Å². The number of rotatable bonds is 11. The highest BCUT2D eigenvalue weighted by atomic mass is 16.2. The minimum atomic E-state index is -0.564. The Morgan fingerprint density at radius 2 is 1.78 bits per heavy atom. The summed E-state index contributed by atoms with van der Waals surface area (Å²) in [7, 11) is 1.62. The van der Waals surface area contributed by atoms with E-state index in [0.29, 0.717) is 26.1 Å². The molecule has 0 radical (unpaired) electrons. The summed E-state index contributed by atoms with van der Waals surface area (Å²) in [5.41, 5.74) is 1.01. The average molecular weight is 377 g/mol. The highest BCUT2D eigenvalue weighted by molar-refractivity contribution is 5.86. The Labute approximate surface area is 161 Å². The van der Waals surface area contributed by atoms with Crippen LogP contribution in [0.4, 0.5) is 4.79 Å². The van der Waals surface area contributed by atoms with Gasteiger partial charge in [0.15, 0.2) is 0 Å². The van der Waals surface area contributed by atoms with Gasteiger partial charge in [-0.15, -0.1) is 0 Å². The molecule has 0 heterocycles. The van der Waals surface area contributed by atoms with Crippen molar-refractivity contribution < 1.29 is 14.4 Å². The second kappa shape index (κ2) is 12.7. The first-order chi connectivity index (χ1) is 13.0. The zero-order valence-electron chi connectivity index (χ0n) is 16.6. The van der Waals surface area contributed by atoms with Gasteiger partial charge >= 0.3 is 6.03 Å². The van der Waals surface area contributed by atoms with Crippen LogP contribution in [0.5, 0.6) is 0 Å². The summed E-state index contributed by atoms with van der Waals surface area (Å²) in [4.78, 5) is 37.4. The number of carbonyl (C=O) groups excluding carboxylic acids is 3. The van der Waals surface area contributed by atoms with E-state index in [4.69, 9.17) is 0 Å². The third kappa shape index (κ3) is 9.08. The van der Waals surface area contributed by atoms with Gasteiger partial charge in [-0.1, -0.05) is 37.3 Å². The molecule has 7 heteroatoms. The summed E-state index contributed by atoms with van der Waals surface area (Å²) in [5, 5.41) is 8.23. The third-order valence-corrected chi connectivity index (χ3v) is 4.17. The molecule has 1 atom stereocenters. The Balaban J connectivity index is 2.47. The van der Waals surface area contributed by atoms with Crippen LogP contribution in [0.1, 0.15) is 45.1 Å². The Bertz CT molecular complexity index is 592.